The minimum atomic E-state index is -3.07. The maximum absolute atomic E-state index is 13.2. The van der Waals surface area contributed by atoms with E-state index in [1.165, 1.54) is 12.1 Å². The summed E-state index contributed by atoms with van der Waals surface area (Å²) in [4.78, 5) is 12.4. The van der Waals surface area contributed by atoms with Gasteiger partial charge in [-0.2, -0.15) is 10.1 Å². The van der Waals surface area contributed by atoms with Gasteiger partial charge in [0.2, 0.25) is 5.72 Å². The molecule has 4 nitrogen and oxygen atoms in total. The SMILES string of the molecule is O=C(c1ccc(Br)cc1)N1N=C(C2CC2)C[C@]1(O)C(F)F. The lowest BCUT2D eigenvalue weighted by Crippen LogP contribution is -2.51. The van der Waals surface area contributed by atoms with Crippen molar-refractivity contribution >= 4 is 27.5 Å². The molecule has 112 valence electrons. The van der Waals surface area contributed by atoms with Crippen LogP contribution in [0.4, 0.5) is 8.78 Å². The molecule has 1 fully saturated rings. The average Bonchev–Trinajstić information content (AvgIpc) is 3.23. The molecule has 1 N–H and O–H groups in total. The molecule has 1 aliphatic heterocycles. The van der Waals surface area contributed by atoms with Crippen LogP contribution < -0.4 is 0 Å². The molecule has 7 heteroatoms. The molecule has 0 spiro atoms. The standard InChI is InChI=1S/C14H13BrF2N2O2/c15-10-5-3-9(4-6-10)12(20)19-14(21,13(16)17)7-11(18-19)8-1-2-8/h3-6,8,13,21H,1-2,7H2/t14-/m0/s1. The zero-order valence-electron chi connectivity index (χ0n) is 11.0. The number of benzene rings is 1. The lowest BCUT2D eigenvalue weighted by molar-refractivity contribution is -0.164. The fourth-order valence-electron chi connectivity index (χ4n) is 2.34. The van der Waals surface area contributed by atoms with Crippen LogP contribution in [0.1, 0.15) is 29.6 Å². The van der Waals surface area contributed by atoms with Crippen molar-refractivity contribution in [3.8, 4) is 0 Å². The average molecular weight is 359 g/mol. The van der Waals surface area contributed by atoms with Crippen LogP contribution in [0.15, 0.2) is 33.8 Å². The normalized spacial score (nSPS) is 25.4. The number of nitrogens with zero attached hydrogens (tertiary/aromatic N) is 2. The number of carbonyl (C=O) groups excluding carboxylic acids is 1. The predicted molar refractivity (Wildman–Crippen MR) is 76.0 cm³/mol. The van der Waals surface area contributed by atoms with E-state index in [9.17, 15) is 18.7 Å². The van der Waals surface area contributed by atoms with Gasteiger partial charge in [-0.05, 0) is 43.0 Å². The number of rotatable bonds is 3. The van der Waals surface area contributed by atoms with Gasteiger partial charge >= 0.3 is 0 Å². The molecule has 1 aromatic rings. The second kappa shape index (κ2) is 5.14. The van der Waals surface area contributed by atoms with Crippen LogP contribution in [-0.2, 0) is 0 Å². The molecule has 0 saturated heterocycles. The predicted octanol–water partition coefficient (Wildman–Crippen LogP) is 3.01. The van der Waals surface area contributed by atoms with Crippen molar-refractivity contribution in [1.82, 2.24) is 5.01 Å². The summed E-state index contributed by atoms with van der Waals surface area (Å²) in [5.74, 6) is -0.598. The van der Waals surface area contributed by atoms with Crippen molar-refractivity contribution in [2.75, 3.05) is 0 Å². The van der Waals surface area contributed by atoms with Crippen LogP contribution in [0.25, 0.3) is 0 Å². The number of aliphatic hydroxyl groups is 1. The summed E-state index contributed by atoms with van der Waals surface area (Å²) in [5.41, 5.74) is -1.84. The molecule has 1 aliphatic carbocycles. The summed E-state index contributed by atoms with van der Waals surface area (Å²) in [6.45, 7) is 0. The van der Waals surface area contributed by atoms with Crippen LogP contribution >= 0.6 is 15.9 Å². The van der Waals surface area contributed by atoms with Gasteiger partial charge in [-0.25, -0.2) is 8.78 Å². The van der Waals surface area contributed by atoms with E-state index < -0.39 is 18.1 Å². The lowest BCUT2D eigenvalue weighted by atomic mass is 10.0. The topological polar surface area (TPSA) is 52.9 Å². The van der Waals surface area contributed by atoms with E-state index in [4.69, 9.17) is 0 Å². The maximum atomic E-state index is 13.2. The smallest absolute Gasteiger partial charge is 0.287 e. The Hall–Kier alpha value is -1.34. The Morgan fingerprint density at radius 1 is 1.38 bits per heavy atom. The number of amides is 1. The monoisotopic (exact) mass is 358 g/mol. The largest absolute Gasteiger partial charge is 0.364 e. The van der Waals surface area contributed by atoms with Gasteiger partial charge in [-0.3, -0.25) is 4.79 Å². The van der Waals surface area contributed by atoms with Gasteiger partial charge in [-0.1, -0.05) is 15.9 Å². The molecule has 0 aromatic heterocycles. The van der Waals surface area contributed by atoms with E-state index in [0.717, 1.165) is 17.3 Å². The molecule has 0 unspecified atom stereocenters. The number of halogens is 3. The van der Waals surface area contributed by atoms with Crippen molar-refractivity contribution in [3.05, 3.63) is 34.3 Å². The third-order valence-electron chi connectivity index (χ3n) is 3.72. The number of carbonyl (C=O) groups is 1. The molecule has 1 atom stereocenters. The molecule has 21 heavy (non-hydrogen) atoms. The lowest BCUT2D eigenvalue weighted by Gasteiger charge is -2.30. The Balaban J connectivity index is 1.92. The highest BCUT2D eigenvalue weighted by molar-refractivity contribution is 9.10. The van der Waals surface area contributed by atoms with E-state index in [0.29, 0.717) is 10.7 Å². The third kappa shape index (κ3) is 2.60. The molecule has 2 aliphatic rings. The second-order valence-electron chi connectivity index (χ2n) is 5.35. The highest BCUT2D eigenvalue weighted by Crippen LogP contribution is 2.41. The molecule has 1 aromatic carbocycles. The van der Waals surface area contributed by atoms with Crippen LogP contribution in [-0.4, -0.2) is 33.9 Å². The summed E-state index contributed by atoms with van der Waals surface area (Å²) in [6.07, 6.45) is -1.61. The zero-order chi connectivity index (χ0) is 15.2. The molecule has 0 radical (unpaired) electrons. The molecule has 3 rings (SSSR count). The molecular formula is C14H13BrF2N2O2. The first-order valence-corrected chi connectivity index (χ1v) is 7.39. The van der Waals surface area contributed by atoms with Gasteiger partial charge < -0.3 is 5.11 Å². The van der Waals surface area contributed by atoms with Crippen LogP contribution in [0.5, 0.6) is 0 Å². The second-order valence-corrected chi connectivity index (χ2v) is 6.26. The summed E-state index contributed by atoms with van der Waals surface area (Å²) >= 11 is 3.24. The number of alkyl halides is 2. The van der Waals surface area contributed by atoms with Crippen LogP contribution in [0.2, 0.25) is 0 Å². The van der Waals surface area contributed by atoms with Gasteiger partial charge in [0.15, 0.2) is 0 Å². The van der Waals surface area contributed by atoms with E-state index >= 15 is 0 Å². The van der Waals surface area contributed by atoms with E-state index in [2.05, 4.69) is 21.0 Å². The van der Waals surface area contributed by atoms with Crippen molar-refractivity contribution in [2.24, 2.45) is 11.0 Å². The fourth-order valence-corrected chi connectivity index (χ4v) is 2.60. The molecule has 0 bridgehead atoms. The Kier molecular flexibility index (Phi) is 3.57. The van der Waals surface area contributed by atoms with Gasteiger partial charge in [0, 0.05) is 22.2 Å². The highest BCUT2D eigenvalue weighted by Gasteiger charge is 2.53. The van der Waals surface area contributed by atoms with Gasteiger partial charge in [-0.15, -0.1) is 0 Å². The number of hydrogen-bond donors (Lipinski definition) is 1. The first-order chi connectivity index (χ1) is 9.91. The molecule has 1 saturated carbocycles. The van der Waals surface area contributed by atoms with Gasteiger partial charge in [0.1, 0.15) is 0 Å². The summed E-state index contributed by atoms with van der Waals surface area (Å²) in [7, 11) is 0. The van der Waals surface area contributed by atoms with E-state index in [1.54, 1.807) is 12.1 Å². The quantitative estimate of drug-likeness (QED) is 0.902. The van der Waals surface area contributed by atoms with Gasteiger partial charge in [0.25, 0.3) is 12.3 Å². The van der Waals surface area contributed by atoms with Crippen molar-refractivity contribution < 1.29 is 18.7 Å². The first-order valence-electron chi connectivity index (χ1n) is 6.60. The molecular weight excluding hydrogens is 346 g/mol. The highest BCUT2D eigenvalue weighted by atomic mass is 79.9. The first kappa shape index (κ1) is 14.6. The maximum Gasteiger partial charge on any atom is 0.287 e. The minimum Gasteiger partial charge on any atom is -0.364 e. The number of hydrazone groups is 1. The van der Waals surface area contributed by atoms with Crippen molar-refractivity contribution in [1.29, 1.82) is 0 Å². The fraction of sp³-hybridized carbons (Fsp3) is 0.429. The molecule has 1 heterocycles. The summed E-state index contributed by atoms with van der Waals surface area (Å²) in [6, 6.07) is 6.28. The number of hydrogen-bond acceptors (Lipinski definition) is 3. The third-order valence-corrected chi connectivity index (χ3v) is 4.25. The van der Waals surface area contributed by atoms with Gasteiger partial charge in [0.05, 0.1) is 0 Å². The Labute approximate surface area is 128 Å². The Bertz CT molecular complexity index is 601. The van der Waals surface area contributed by atoms with Crippen molar-refractivity contribution in [3.63, 3.8) is 0 Å². The van der Waals surface area contributed by atoms with Crippen LogP contribution in [0.3, 0.4) is 0 Å². The Morgan fingerprint density at radius 3 is 2.52 bits per heavy atom. The minimum absolute atomic E-state index is 0.123. The molecule has 1 amide bonds. The summed E-state index contributed by atoms with van der Waals surface area (Å²) in [5, 5.41) is 14.7. The van der Waals surface area contributed by atoms with Crippen LogP contribution in [0, 0.1) is 5.92 Å². The summed E-state index contributed by atoms with van der Waals surface area (Å²) < 4.78 is 27.3. The zero-order valence-corrected chi connectivity index (χ0v) is 12.6. The Morgan fingerprint density at radius 2 is 2.00 bits per heavy atom. The van der Waals surface area contributed by atoms with Crippen molar-refractivity contribution in [2.45, 2.75) is 31.4 Å². The van der Waals surface area contributed by atoms with E-state index in [-0.39, 0.29) is 17.9 Å². The van der Waals surface area contributed by atoms with E-state index in [1.807, 2.05) is 0 Å².